The first-order chi connectivity index (χ1) is 8.14. The van der Waals surface area contributed by atoms with E-state index in [9.17, 15) is 4.79 Å². The van der Waals surface area contributed by atoms with E-state index in [2.05, 4.69) is 22.5 Å². The number of nitrogens with one attached hydrogen (secondary N) is 2. The maximum atomic E-state index is 12.2. The lowest BCUT2D eigenvalue weighted by Crippen LogP contribution is -2.47. The van der Waals surface area contributed by atoms with E-state index in [-0.39, 0.29) is 11.3 Å². The SMILES string of the molecule is CCN(C)CCNC(=O)C1(COC)CCNC1. The van der Waals surface area contributed by atoms with Crippen LogP contribution in [0.3, 0.4) is 0 Å². The van der Waals surface area contributed by atoms with Gasteiger partial charge in [0.15, 0.2) is 0 Å². The minimum Gasteiger partial charge on any atom is -0.384 e. The van der Waals surface area contributed by atoms with Gasteiger partial charge in [-0.1, -0.05) is 6.92 Å². The number of nitrogens with zero attached hydrogens (tertiary/aromatic N) is 1. The number of carbonyl (C=O) groups is 1. The molecule has 100 valence electrons. The fourth-order valence-electron chi connectivity index (χ4n) is 2.11. The van der Waals surface area contributed by atoms with Crippen molar-refractivity contribution in [1.82, 2.24) is 15.5 Å². The van der Waals surface area contributed by atoms with Crippen molar-refractivity contribution < 1.29 is 9.53 Å². The Balaban J connectivity index is 2.38. The molecule has 1 saturated heterocycles. The highest BCUT2D eigenvalue weighted by Gasteiger charge is 2.41. The summed E-state index contributed by atoms with van der Waals surface area (Å²) in [5.74, 6) is 0.119. The van der Waals surface area contributed by atoms with Crippen LogP contribution in [-0.4, -0.2) is 64.3 Å². The maximum Gasteiger partial charge on any atom is 0.229 e. The molecule has 0 aromatic heterocycles. The molecule has 1 unspecified atom stereocenters. The molecule has 5 nitrogen and oxygen atoms in total. The highest BCUT2D eigenvalue weighted by atomic mass is 16.5. The zero-order valence-electron chi connectivity index (χ0n) is 11.2. The number of hydrogen-bond acceptors (Lipinski definition) is 4. The van der Waals surface area contributed by atoms with E-state index in [0.717, 1.165) is 32.6 Å². The van der Waals surface area contributed by atoms with E-state index in [0.29, 0.717) is 13.2 Å². The molecule has 0 aromatic rings. The van der Waals surface area contributed by atoms with Crippen molar-refractivity contribution in [3.05, 3.63) is 0 Å². The largest absolute Gasteiger partial charge is 0.384 e. The van der Waals surface area contributed by atoms with Crippen molar-refractivity contribution in [2.75, 3.05) is 53.5 Å². The average Bonchev–Trinajstić information content (AvgIpc) is 2.79. The van der Waals surface area contributed by atoms with E-state index in [4.69, 9.17) is 4.74 Å². The molecule has 0 bridgehead atoms. The van der Waals surface area contributed by atoms with E-state index in [1.54, 1.807) is 7.11 Å². The molecule has 1 heterocycles. The Morgan fingerprint density at radius 2 is 2.35 bits per heavy atom. The van der Waals surface area contributed by atoms with Crippen LogP contribution in [0.15, 0.2) is 0 Å². The first-order valence-electron chi connectivity index (χ1n) is 6.31. The van der Waals surface area contributed by atoms with Gasteiger partial charge in [-0.05, 0) is 26.6 Å². The van der Waals surface area contributed by atoms with Gasteiger partial charge in [0.05, 0.1) is 12.0 Å². The van der Waals surface area contributed by atoms with Gasteiger partial charge in [-0.3, -0.25) is 4.79 Å². The second-order valence-electron chi connectivity index (χ2n) is 4.79. The van der Waals surface area contributed by atoms with Crippen LogP contribution < -0.4 is 10.6 Å². The first kappa shape index (κ1) is 14.4. The van der Waals surface area contributed by atoms with Crippen LogP contribution in [0, 0.1) is 5.41 Å². The monoisotopic (exact) mass is 243 g/mol. The lowest BCUT2D eigenvalue weighted by Gasteiger charge is -2.26. The summed E-state index contributed by atoms with van der Waals surface area (Å²) in [4.78, 5) is 14.4. The second kappa shape index (κ2) is 6.93. The summed E-state index contributed by atoms with van der Waals surface area (Å²) in [6.45, 7) is 6.81. The molecular weight excluding hydrogens is 218 g/mol. The fraction of sp³-hybridized carbons (Fsp3) is 0.917. The second-order valence-corrected chi connectivity index (χ2v) is 4.79. The molecule has 17 heavy (non-hydrogen) atoms. The van der Waals surface area contributed by atoms with Crippen molar-refractivity contribution in [2.24, 2.45) is 5.41 Å². The van der Waals surface area contributed by atoms with E-state index >= 15 is 0 Å². The van der Waals surface area contributed by atoms with Crippen LogP contribution in [0.4, 0.5) is 0 Å². The quantitative estimate of drug-likeness (QED) is 0.643. The predicted molar refractivity (Wildman–Crippen MR) is 68.0 cm³/mol. The van der Waals surface area contributed by atoms with Crippen molar-refractivity contribution in [3.8, 4) is 0 Å². The van der Waals surface area contributed by atoms with Gasteiger partial charge in [0.1, 0.15) is 0 Å². The molecular formula is C12H25N3O2. The molecule has 5 heteroatoms. The van der Waals surface area contributed by atoms with Crippen LogP contribution in [0.1, 0.15) is 13.3 Å². The highest BCUT2D eigenvalue weighted by Crippen LogP contribution is 2.25. The lowest BCUT2D eigenvalue weighted by atomic mass is 9.87. The number of rotatable bonds is 7. The first-order valence-corrected chi connectivity index (χ1v) is 6.31. The third-order valence-electron chi connectivity index (χ3n) is 3.46. The highest BCUT2D eigenvalue weighted by molar-refractivity contribution is 5.83. The van der Waals surface area contributed by atoms with Crippen molar-refractivity contribution in [1.29, 1.82) is 0 Å². The van der Waals surface area contributed by atoms with Crippen LogP contribution in [0.25, 0.3) is 0 Å². The van der Waals surface area contributed by atoms with Gasteiger partial charge in [-0.2, -0.15) is 0 Å². The Bertz CT molecular complexity index is 240. The van der Waals surface area contributed by atoms with Crippen LogP contribution in [-0.2, 0) is 9.53 Å². The summed E-state index contributed by atoms with van der Waals surface area (Å²) in [6.07, 6.45) is 0.857. The van der Waals surface area contributed by atoms with Gasteiger partial charge in [0.2, 0.25) is 5.91 Å². The van der Waals surface area contributed by atoms with Gasteiger partial charge in [0.25, 0.3) is 0 Å². The molecule has 2 N–H and O–H groups in total. The Morgan fingerprint density at radius 3 is 2.88 bits per heavy atom. The predicted octanol–water partition coefficient (Wildman–Crippen LogP) is -0.320. The third kappa shape index (κ3) is 3.94. The molecule has 1 aliphatic heterocycles. The molecule has 0 radical (unpaired) electrons. The molecule has 0 aliphatic carbocycles. The summed E-state index contributed by atoms with van der Waals surface area (Å²) in [5.41, 5.74) is -0.362. The minimum atomic E-state index is -0.362. The van der Waals surface area contributed by atoms with Gasteiger partial charge >= 0.3 is 0 Å². The number of ether oxygens (including phenoxy) is 1. The molecule has 1 atom stereocenters. The van der Waals surface area contributed by atoms with Crippen LogP contribution in [0.2, 0.25) is 0 Å². The lowest BCUT2D eigenvalue weighted by molar-refractivity contribution is -0.132. The molecule has 1 fully saturated rings. The Labute approximate surface area is 104 Å². The summed E-state index contributed by atoms with van der Waals surface area (Å²) in [5, 5.41) is 6.25. The van der Waals surface area contributed by atoms with Gasteiger partial charge in [0, 0.05) is 26.7 Å². The van der Waals surface area contributed by atoms with Crippen molar-refractivity contribution >= 4 is 5.91 Å². The summed E-state index contributed by atoms with van der Waals surface area (Å²) < 4.78 is 5.19. The van der Waals surface area contributed by atoms with Crippen molar-refractivity contribution in [3.63, 3.8) is 0 Å². The average molecular weight is 243 g/mol. The van der Waals surface area contributed by atoms with Crippen LogP contribution in [0.5, 0.6) is 0 Å². The molecule has 1 aliphatic rings. The summed E-state index contributed by atoms with van der Waals surface area (Å²) in [6, 6.07) is 0. The Kier molecular flexibility index (Phi) is 5.88. The zero-order valence-corrected chi connectivity index (χ0v) is 11.2. The number of carbonyl (C=O) groups excluding carboxylic acids is 1. The number of methoxy groups -OCH3 is 1. The van der Waals surface area contributed by atoms with E-state index in [1.165, 1.54) is 0 Å². The summed E-state index contributed by atoms with van der Waals surface area (Å²) >= 11 is 0. The van der Waals surface area contributed by atoms with Gasteiger partial charge < -0.3 is 20.3 Å². The van der Waals surface area contributed by atoms with Crippen molar-refractivity contribution in [2.45, 2.75) is 13.3 Å². The molecule has 0 spiro atoms. The van der Waals surface area contributed by atoms with Gasteiger partial charge in [-0.15, -0.1) is 0 Å². The molecule has 0 aromatic carbocycles. The van der Waals surface area contributed by atoms with E-state index < -0.39 is 0 Å². The molecule has 0 saturated carbocycles. The zero-order chi connectivity index (χ0) is 12.7. The number of amides is 1. The summed E-state index contributed by atoms with van der Waals surface area (Å²) in [7, 11) is 3.70. The fourth-order valence-corrected chi connectivity index (χ4v) is 2.11. The van der Waals surface area contributed by atoms with Crippen LogP contribution >= 0.6 is 0 Å². The smallest absolute Gasteiger partial charge is 0.229 e. The standard InChI is InChI=1S/C12H25N3O2/c1-4-15(2)8-7-14-11(16)12(10-17-3)5-6-13-9-12/h13H,4-10H2,1-3H3,(H,14,16). The Morgan fingerprint density at radius 1 is 1.59 bits per heavy atom. The van der Waals surface area contributed by atoms with Gasteiger partial charge in [-0.25, -0.2) is 0 Å². The Hall–Kier alpha value is -0.650. The number of hydrogen-bond donors (Lipinski definition) is 2. The third-order valence-corrected chi connectivity index (χ3v) is 3.46. The molecule has 1 rings (SSSR count). The normalized spacial score (nSPS) is 24.2. The minimum absolute atomic E-state index is 0.119. The maximum absolute atomic E-state index is 12.2. The molecule has 1 amide bonds. The number of likely N-dealkylation sites (N-methyl/N-ethyl adjacent to an activating group) is 1. The van der Waals surface area contributed by atoms with E-state index in [1.807, 2.05) is 7.05 Å². The topological polar surface area (TPSA) is 53.6 Å².